The number of phenolic OH excluding ortho intramolecular Hbond substituents is 1. The first kappa shape index (κ1) is 24.8. The van der Waals surface area contributed by atoms with Gasteiger partial charge < -0.3 is 43.7 Å². The number of nitrogens with one attached hydrogen (secondary N) is 1. The summed E-state index contributed by atoms with van der Waals surface area (Å²) in [5.41, 5.74) is 2.10. The van der Waals surface area contributed by atoms with E-state index >= 15 is 0 Å². The van der Waals surface area contributed by atoms with Gasteiger partial charge in [-0.15, -0.1) is 0 Å². The van der Waals surface area contributed by atoms with Crippen LogP contribution in [0.3, 0.4) is 0 Å². The largest absolute Gasteiger partial charge is 0.502 e. The van der Waals surface area contributed by atoms with Crippen LogP contribution in [0, 0.1) is 11.8 Å². The van der Waals surface area contributed by atoms with E-state index in [2.05, 4.69) is 5.32 Å². The van der Waals surface area contributed by atoms with Crippen LogP contribution in [-0.4, -0.2) is 76.9 Å². The van der Waals surface area contributed by atoms with Crippen LogP contribution in [0.15, 0.2) is 24.3 Å². The minimum atomic E-state index is -0.752. The van der Waals surface area contributed by atoms with E-state index in [1.54, 1.807) is 18.2 Å². The minimum absolute atomic E-state index is 0.0647. The lowest BCUT2D eigenvalue weighted by molar-refractivity contribution is -0.141. The van der Waals surface area contributed by atoms with E-state index in [-0.39, 0.29) is 30.6 Å². The van der Waals surface area contributed by atoms with Crippen molar-refractivity contribution in [2.75, 3.05) is 54.8 Å². The lowest BCUT2D eigenvalue weighted by atomic mass is 9.66. The number of phenols is 1. The predicted octanol–water partition coefficient (Wildman–Crippen LogP) is 2.40. The number of hydrogen-bond acceptors (Lipinski definition) is 10. The van der Waals surface area contributed by atoms with Crippen molar-refractivity contribution in [3.05, 3.63) is 41.0 Å². The Bertz CT molecular complexity index is 1190. The smallest absolute Gasteiger partial charge is 0.407 e. The zero-order valence-corrected chi connectivity index (χ0v) is 21.1. The van der Waals surface area contributed by atoms with Crippen molar-refractivity contribution in [1.82, 2.24) is 10.2 Å². The normalized spacial score (nSPS) is 23.2. The molecule has 11 heteroatoms. The van der Waals surface area contributed by atoms with Crippen molar-refractivity contribution in [2.24, 2.45) is 11.8 Å². The average molecular weight is 515 g/mol. The molecule has 1 aliphatic carbocycles. The molecule has 5 rings (SSSR count). The number of carbonyl (C=O) groups is 2. The predicted molar refractivity (Wildman–Crippen MR) is 129 cm³/mol. The number of alkyl carbamates (subject to hydrolysis) is 1. The third-order valence-corrected chi connectivity index (χ3v) is 7.04. The number of cyclic esters (lactones) is 1. The molecule has 1 saturated heterocycles. The number of benzene rings is 2. The third-order valence-electron chi connectivity index (χ3n) is 7.04. The highest BCUT2D eigenvalue weighted by atomic mass is 16.7. The van der Waals surface area contributed by atoms with E-state index in [0.717, 1.165) is 5.56 Å². The third kappa shape index (κ3) is 4.43. The standard InChI is InChI=1S/C26H30N2O9/c1-28(2)6-5-27-26(31)37-24-15-10-18-17(35-12-36-18)9-14(15)21(22-16(24)11-34-25(22)30)13-7-19(32-3)23(29)20(8-13)33-4/h7-10,16,21-22,24,29H,5-6,11-12H2,1-4H3,(H,27,31)/t16?,21-,22+,24-/m1/s1. The molecule has 198 valence electrons. The summed E-state index contributed by atoms with van der Waals surface area (Å²) in [7, 11) is 6.70. The molecule has 0 aromatic heterocycles. The van der Waals surface area contributed by atoms with Gasteiger partial charge in [0.25, 0.3) is 0 Å². The van der Waals surface area contributed by atoms with Gasteiger partial charge in [-0.1, -0.05) is 0 Å². The Morgan fingerprint density at radius 3 is 2.32 bits per heavy atom. The zero-order chi connectivity index (χ0) is 26.3. The van der Waals surface area contributed by atoms with E-state index < -0.39 is 35.9 Å². The number of esters is 1. The minimum Gasteiger partial charge on any atom is -0.502 e. The van der Waals surface area contributed by atoms with Crippen molar-refractivity contribution in [2.45, 2.75) is 12.0 Å². The quantitative estimate of drug-likeness (QED) is 0.532. The van der Waals surface area contributed by atoms with Crippen LogP contribution in [0.2, 0.25) is 0 Å². The second-order valence-electron chi connectivity index (χ2n) is 9.46. The number of rotatable bonds is 7. The fourth-order valence-corrected chi connectivity index (χ4v) is 5.29. The molecule has 3 aliphatic rings. The number of ether oxygens (including phenoxy) is 6. The van der Waals surface area contributed by atoms with E-state index in [1.165, 1.54) is 14.2 Å². The molecule has 2 aliphatic heterocycles. The van der Waals surface area contributed by atoms with Gasteiger partial charge in [0.05, 0.1) is 26.7 Å². The maximum absolute atomic E-state index is 13.1. The van der Waals surface area contributed by atoms with Gasteiger partial charge in [0.15, 0.2) is 23.0 Å². The molecule has 2 aromatic rings. The number of aromatic hydroxyl groups is 1. The molecule has 0 radical (unpaired) electrons. The highest BCUT2D eigenvalue weighted by molar-refractivity contribution is 5.79. The molecular formula is C26H30N2O9. The van der Waals surface area contributed by atoms with E-state index in [4.69, 9.17) is 28.4 Å². The van der Waals surface area contributed by atoms with Gasteiger partial charge in [-0.3, -0.25) is 4.79 Å². The Labute approximate surface area is 214 Å². The first-order chi connectivity index (χ1) is 17.8. The molecule has 37 heavy (non-hydrogen) atoms. The fraction of sp³-hybridized carbons (Fsp3) is 0.462. The van der Waals surface area contributed by atoms with Gasteiger partial charge >= 0.3 is 12.1 Å². The first-order valence-corrected chi connectivity index (χ1v) is 12.0. The summed E-state index contributed by atoms with van der Waals surface area (Å²) in [6, 6.07) is 6.97. The van der Waals surface area contributed by atoms with Gasteiger partial charge in [-0.25, -0.2) is 4.79 Å². The summed E-state index contributed by atoms with van der Waals surface area (Å²) < 4.78 is 33.4. The summed E-state index contributed by atoms with van der Waals surface area (Å²) in [5.74, 6) is -0.685. The van der Waals surface area contributed by atoms with Crippen LogP contribution in [-0.2, 0) is 14.3 Å². The molecule has 0 saturated carbocycles. The summed E-state index contributed by atoms with van der Waals surface area (Å²) in [6.45, 7) is 1.21. The number of nitrogens with zero attached hydrogens (tertiary/aromatic N) is 1. The zero-order valence-electron chi connectivity index (χ0n) is 21.1. The van der Waals surface area contributed by atoms with Crippen LogP contribution in [0.1, 0.15) is 28.7 Å². The second-order valence-corrected chi connectivity index (χ2v) is 9.46. The summed E-state index contributed by atoms with van der Waals surface area (Å²) in [4.78, 5) is 27.9. The molecule has 0 bridgehead atoms. The summed E-state index contributed by atoms with van der Waals surface area (Å²) in [5, 5.41) is 13.2. The highest BCUT2D eigenvalue weighted by Crippen LogP contribution is 2.56. The maximum Gasteiger partial charge on any atom is 0.407 e. The SMILES string of the molecule is COc1cc([C@@H]2c3cc4c(cc3[C@@H](OC(=O)NCCN(C)C)C3COC(=O)[C@@H]32)OCO4)cc(OC)c1O. The number of carbonyl (C=O) groups excluding carboxylic acids is 2. The van der Waals surface area contributed by atoms with E-state index in [1.807, 2.05) is 25.1 Å². The Hall–Kier alpha value is -3.86. The Balaban J connectivity index is 1.61. The Morgan fingerprint density at radius 2 is 1.70 bits per heavy atom. The molecule has 2 heterocycles. The van der Waals surface area contributed by atoms with E-state index in [9.17, 15) is 14.7 Å². The average Bonchev–Trinajstić information content (AvgIpc) is 3.49. The monoisotopic (exact) mass is 514 g/mol. The number of amides is 1. The molecule has 0 spiro atoms. The number of methoxy groups -OCH3 is 2. The molecule has 11 nitrogen and oxygen atoms in total. The van der Waals surface area contributed by atoms with Crippen molar-refractivity contribution < 1.29 is 43.1 Å². The number of likely N-dealkylation sites (N-methyl/N-ethyl adjacent to an activating group) is 1. The Morgan fingerprint density at radius 1 is 1.05 bits per heavy atom. The van der Waals surface area contributed by atoms with Crippen LogP contribution in [0.25, 0.3) is 0 Å². The Kier molecular flexibility index (Phi) is 6.63. The molecule has 1 amide bonds. The fourth-order valence-electron chi connectivity index (χ4n) is 5.29. The van der Waals surface area contributed by atoms with Gasteiger partial charge in [-0.05, 0) is 49.5 Å². The van der Waals surface area contributed by atoms with Crippen molar-refractivity contribution in [3.63, 3.8) is 0 Å². The first-order valence-electron chi connectivity index (χ1n) is 12.0. The summed E-state index contributed by atoms with van der Waals surface area (Å²) in [6.07, 6.45) is -1.34. The van der Waals surface area contributed by atoms with Crippen molar-refractivity contribution in [3.8, 4) is 28.7 Å². The van der Waals surface area contributed by atoms with E-state index in [0.29, 0.717) is 35.7 Å². The van der Waals surface area contributed by atoms with Gasteiger partial charge in [0.2, 0.25) is 12.5 Å². The molecule has 2 aromatic carbocycles. The van der Waals surface area contributed by atoms with Crippen molar-refractivity contribution in [1.29, 1.82) is 0 Å². The molecule has 2 N–H and O–H groups in total. The maximum atomic E-state index is 13.1. The van der Waals surface area contributed by atoms with Crippen molar-refractivity contribution >= 4 is 12.1 Å². The summed E-state index contributed by atoms with van der Waals surface area (Å²) >= 11 is 0. The van der Waals surface area contributed by atoms with Crippen LogP contribution >= 0.6 is 0 Å². The highest BCUT2D eigenvalue weighted by Gasteiger charge is 2.54. The molecule has 1 fully saturated rings. The number of fused-ring (bicyclic) bond motifs is 3. The van der Waals surface area contributed by atoms with Crippen LogP contribution in [0.5, 0.6) is 28.7 Å². The van der Waals surface area contributed by atoms with Crippen LogP contribution < -0.4 is 24.3 Å². The van der Waals surface area contributed by atoms with Crippen LogP contribution in [0.4, 0.5) is 4.79 Å². The molecule has 1 unspecified atom stereocenters. The molecule has 4 atom stereocenters. The van der Waals surface area contributed by atoms with Gasteiger partial charge in [0, 0.05) is 30.5 Å². The lowest BCUT2D eigenvalue weighted by Gasteiger charge is -2.38. The molecular weight excluding hydrogens is 484 g/mol. The topological polar surface area (TPSA) is 125 Å². The number of hydrogen-bond donors (Lipinski definition) is 2. The second kappa shape index (κ2) is 9.89. The van der Waals surface area contributed by atoms with Gasteiger partial charge in [-0.2, -0.15) is 0 Å². The lowest BCUT2D eigenvalue weighted by Crippen LogP contribution is -2.39. The van der Waals surface area contributed by atoms with Gasteiger partial charge in [0.1, 0.15) is 6.10 Å².